The molecule has 4 rings (SSSR count). The Morgan fingerprint density at radius 1 is 1.08 bits per heavy atom. The maximum atomic E-state index is 13.1. The van der Waals surface area contributed by atoms with Crippen LogP contribution in [0.25, 0.3) is 0 Å². The van der Waals surface area contributed by atoms with Gasteiger partial charge in [0.1, 0.15) is 6.54 Å². The van der Waals surface area contributed by atoms with Crippen molar-refractivity contribution in [1.29, 1.82) is 0 Å². The molecule has 0 saturated heterocycles. The number of likely N-dealkylation sites (N-methyl/N-ethyl adjacent to an activating group) is 1. The molecule has 1 fully saturated rings. The van der Waals surface area contributed by atoms with Gasteiger partial charge >= 0.3 is 0 Å². The van der Waals surface area contributed by atoms with Crippen molar-refractivity contribution >= 4 is 34.2 Å². The molecule has 39 heavy (non-hydrogen) atoms. The molecule has 3 aromatic rings. The summed E-state index contributed by atoms with van der Waals surface area (Å²) in [4.78, 5) is 46.4. The molecule has 2 aromatic carbocycles. The summed E-state index contributed by atoms with van der Waals surface area (Å²) in [6.45, 7) is 2.39. The summed E-state index contributed by atoms with van der Waals surface area (Å²) in [6.07, 6.45) is 2.59. The third kappa shape index (κ3) is 7.35. The Bertz CT molecular complexity index is 1340. The molecule has 1 aromatic heterocycles. The molecular formula is C29H34N4O5S. The van der Waals surface area contributed by atoms with E-state index in [0.29, 0.717) is 40.9 Å². The fraction of sp³-hybridized carbons (Fsp3) is 0.379. The minimum atomic E-state index is -0.303. The van der Waals surface area contributed by atoms with Crippen molar-refractivity contribution in [2.75, 3.05) is 39.7 Å². The monoisotopic (exact) mass is 550 g/mol. The third-order valence-electron chi connectivity index (χ3n) is 6.68. The Balaban J connectivity index is 1.28. The zero-order valence-corrected chi connectivity index (χ0v) is 23.5. The van der Waals surface area contributed by atoms with Gasteiger partial charge < -0.3 is 24.6 Å². The van der Waals surface area contributed by atoms with Crippen molar-refractivity contribution in [3.8, 4) is 11.5 Å². The Morgan fingerprint density at radius 2 is 1.82 bits per heavy atom. The molecule has 0 unspecified atom stereocenters. The number of carbonyl (C=O) groups is 3. The number of methoxy groups -OCH3 is 2. The summed E-state index contributed by atoms with van der Waals surface area (Å²) in [6, 6.07) is 13.2. The number of aromatic nitrogens is 1. The highest BCUT2D eigenvalue weighted by Crippen LogP contribution is 2.29. The second-order valence-corrected chi connectivity index (χ2v) is 10.5. The number of rotatable bonds is 12. The molecule has 206 valence electrons. The van der Waals surface area contributed by atoms with Crippen LogP contribution in [0.4, 0.5) is 5.13 Å². The van der Waals surface area contributed by atoms with Gasteiger partial charge in [-0.25, -0.2) is 4.98 Å². The molecule has 1 heterocycles. The lowest BCUT2D eigenvalue weighted by Gasteiger charge is -2.22. The van der Waals surface area contributed by atoms with E-state index in [1.807, 2.05) is 43.3 Å². The number of carbonyl (C=O) groups excluding carboxylic acids is 3. The molecule has 0 radical (unpaired) electrons. The van der Waals surface area contributed by atoms with E-state index in [2.05, 4.69) is 10.3 Å². The SMILES string of the molecule is COc1ccc(CCN(C)C(=O)Cc2csc(NC(=O)CN(C(=O)c3ccccc3C)C3CC3)n2)cc1OC. The highest BCUT2D eigenvalue weighted by molar-refractivity contribution is 7.13. The van der Waals surface area contributed by atoms with Crippen molar-refractivity contribution in [1.82, 2.24) is 14.8 Å². The van der Waals surface area contributed by atoms with E-state index in [9.17, 15) is 14.4 Å². The molecule has 9 nitrogen and oxygen atoms in total. The molecule has 0 atom stereocenters. The van der Waals surface area contributed by atoms with E-state index in [0.717, 1.165) is 24.0 Å². The van der Waals surface area contributed by atoms with Crippen LogP contribution < -0.4 is 14.8 Å². The molecule has 0 aliphatic heterocycles. The van der Waals surface area contributed by atoms with Gasteiger partial charge in [-0.15, -0.1) is 11.3 Å². The number of nitrogens with one attached hydrogen (secondary N) is 1. The minimum Gasteiger partial charge on any atom is -0.493 e. The van der Waals surface area contributed by atoms with Gasteiger partial charge in [-0.3, -0.25) is 14.4 Å². The number of benzene rings is 2. The van der Waals surface area contributed by atoms with Gasteiger partial charge in [0, 0.05) is 30.6 Å². The van der Waals surface area contributed by atoms with Crippen molar-refractivity contribution in [2.24, 2.45) is 0 Å². The summed E-state index contributed by atoms with van der Waals surface area (Å²) < 4.78 is 10.6. The lowest BCUT2D eigenvalue weighted by atomic mass is 10.1. The topological polar surface area (TPSA) is 101 Å². The second kappa shape index (κ2) is 12.8. The van der Waals surface area contributed by atoms with Crippen LogP contribution in [-0.4, -0.2) is 72.9 Å². The van der Waals surface area contributed by atoms with Gasteiger partial charge in [0.2, 0.25) is 11.8 Å². The third-order valence-corrected chi connectivity index (χ3v) is 7.48. The summed E-state index contributed by atoms with van der Waals surface area (Å²) in [7, 11) is 4.95. The van der Waals surface area contributed by atoms with Crippen LogP contribution in [0.5, 0.6) is 11.5 Å². The molecule has 3 amide bonds. The Kier molecular flexibility index (Phi) is 9.19. The van der Waals surface area contributed by atoms with Gasteiger partial charge in [-0.2, -0.15) is 0 Å². The average molecular weight is 551 g/mol. The summed E-state index contributed by atoms with van der Waals surface area (Å²) in [5.41, 5.74) is 3.12. The number of nitrogens with zero attached hydrogens (tertiary/aromatic N) is 3. The van der Waals surface area contributed by atoms with E-state index >= 15 is 0 Å². The maximum absolute atomic E-state index is 13.1. The number of aryl methyl sites for hydroxylation is 1. The number of hydrogen-bond acceptors (Lipinski definition) is 7. The molecule has 10 heteroatoms. The Labute approximate surface area is 232 Å². The predicted octanol–water partition coefficient (Wildman–Crippen LogP) is 3.96. The Morgan fingerprint density at radius 3 is 2.51 bits per heavy atom. The fourth-order valence-corrected chi connectivity index (χ4v) is 4.95. The first kappa shape index (κ1) is 28.1. The van der Waals surface area contributed by atoms with Crippen molar-refractivity contribution in [3.05, 3.63) is 70.2 Å². The molecule has 1 aliphatic carbocycles. The maximum Gasteiger partial charge on any atom is 0.254 e. The summed E-state index contributed by atoms with van der Waals surface area (Å²) >= 11 is 1.26. The fourth-order valence-electron chi connectivity index (χ4n) is 4.23. The number of hydrogen-bond donors (Lipinski definition) is 1. The first-order chi connectivity index (χ1) is 18.8. The Hall–Kier alpha value is -3.92. The zero-order valence-electron chi connectivity index (χ0n) is 22.7. The van der Waals surface area contributed by atoms with Crippen LogP contribution in [0.15, 0.2) is 47.8 Å². The second-order valence-electron chi connectivity index (χ2n) is 9.60. The number of amides is 3. The molecule has 1 saturated carbocycles. The quantitative estimate of drug-likeness (QED) is 0.367. The lowest BCUT2D eigenvalue weighted by Crippen LogP contribution is -2.39. The van der Waals surface area contributed by atoms with Gasteiger partial charge in [-0.1, -0.05) is 24.3 Å². The lowest BCUT2D eigenvalue weighted by molar-refractivity contribution is -0.129. The highest BCUT2D eigenvalue weighted by atomic mass is 32.1. The molecule has 0 bridgehead atoms. The summed E-state index contributed by atoms with van der Waals surface area (Å²) in [5, 5.41) is 4.98. The van der Waals surface area contributed by atoms with E-state index in [1.54, 1.807) is 42.5 Å². The first-order valence-electron chi connectivity index (χ1n) is 12.8. The van der Waals surface area contributed by atoms with Crippen molar-refractivity contribution < 1.29 is 23.9 Å². The largest absolute Gasteiger partial charge is 0.493 e. The summed E-state index contributed by atoms with van der Waals surface area (Å²) in [5.74, 6) is 0.814. The standard InChI is InChI=1S/C29H34N4O5S/c1-19-7-5-6-8-23(19)28(36)33(22-10-11-22)17-26(34)31-29-30-21(18-39-29)16-27(35)32(2)14-13-20-9-12-24(37-3)25(15-20)38-4/h5-9,12,15,18,22H,10-11,13-14,16-17H2,1-4H3,(H,30,31,34). The van der Waals surface area contributed by atoms with Crippen LogP contribution in [0, 0.1) is 6.92 Å². The molecule has 0 spiro atoms. The van der Waals surface area contributed by atoms with Gasteiger partial charge in [0.15, 0.2) is 16.6 Å². The zero-order chi connectivity index (χ0) is 27.9. The van der Waals surface area contributed by atoms with Crippen LogP contribution in [-0.2, 0) is 22.4 Å². The average Bonchev–Trinajstić information content (AvgIpc) is 3.69. The highest BCUT2D eigenvalue weighted by Gasteiger charge is 2.34. The number of thiazole rings is 1. The van der Waals surface area contributed by atoms with Crippen LogP contribution >= 0.6 is 11.3 Å². The first-order valence-corrected chi connectivity index (χ1v) is 13.7. The van der Waals surface area contributed by atoms with E-state index in [1.165, 1.54) is 11.3 Å². The van der Waals surface area contributed by atoms with Crippen molar-refractivity contribution in [2.45, 2.75) is 38.6 Å². The minimum absolute atomic E-state index is 0.0371. The van der Waals surface area contributed by atoms with Gasteiger partial charge in [-0.05, 0) is 55.5 Å². The van der Waals surface area contributed by atoms with E-state index in [4.69, 9.17) is 9.47 Å². The smallest absolute Gasteiger partial charge is 0.254 e. The number of anilines is 1. The van der Waals surface area contributed by atoms with Gasteiger partial charge in [0.05, 0.1) is 26.3 Å². The number of ether oxygens (including phenoxy) is 2. The van der Waals surface area contributed by atoms with E-state index in [-0.39, 0.29) is 36.7 Å². The predicted molar refractivity (Wildman–Crippen MR) is 151 cm³/mol. The van der Waals surface area contributed by atoms with Crippen molar-refractivity contribution in [3.63, 3.8) is 0 Å². The van der Waals surface area contributed by atoms with Gasteiger partial charge in [0.25, 0.3) is 5.91 Å². The van der Waals surface area contributed by atoms with Crippen LogP contribution in [0.1, 0.15) is 40.0 Å². The van der Waals surface area contributed by atoms with Crippen LogP contribution in [0.2, 0.25) is 0 Å². The van der Waals surface area contributed by atoms with E-state index < -0.39 is 0 Å². The molecule has 1 aliphatic rings. The molecule has 1 N–H and O–H groups in total. The normalized spacial score (nSPS) is 12.5. The molecular weight excluding hydrogens is 516 g/mol. The van der Waals surface area contributed by atoms with Crippen LogP contribution in [0.3, 0.4) is 0 Å².